The molecule has 2 aromatic rings. The van der Waals surface area contributed by atoms with E-state index in [0.717, 1.165) is 0 Å². The zero-order valence-corrected chi connectivity index (χ0v) is 21.1. The Morgan fingerprint density at radius 2 is 1.68 bits per heavy atom. The molecule has 0 N–H and O–H groups in total. The molecule has 1 aliphatic heterocycles. The number of ether oxygens (including phenoxy) is 1. The van der Waals surface area contributed by atoms with Crippen molar-refractivity contribution in [3.63, 3.8) is 0 Å². The van der Waals surface area contributed by atoms with Gasteiger partial charge < -0.3 is 14.5 Å². The minimum absolute atomic E-state index is 0.0148. The number of carbonyl (C=O) groups excluding carboxylic acids is 3. The monoisotopic (exact) mass is 466 g/mol. The average Bonchev–Trinajstić information content (AvgIpc) is 2.77. The highest BCUT2D eigenvalue weighted by molar-refractivity contribution is 6.04. The number of nitrogens with zero attached hydrogens (tertiary/aromatic N) is 4. The zero-order chi connectivity index (χ0) is 25.2. The summed E-state index contributed by atoms with van der Waals surface area (Å²) in [6, 6.07) is 7.53. The van der Waals surface area contributed by atoms with Crippen LogP contribution in [-0.2, 0) is 10.2 Å². The number of benzene rings is 1. The van der Waals surface area contributed by atoms with E-state index in [9.17, 15) is 14.4 Å². The number of hydrogen-bond donors (Lipinski definition) is 0. The molecule has 3 rings (SSSR count). The lowest BCUT2D eigenvalue weighted by Gasteiger charge is -2.40. The van der Waals surface area contributed by atoms with Crippen molar-refractivity contribution in [1.82, 2.24) is 19.8 Å². The number of piperazine rings is 1. The Kier molecular flexibility index (Phi) is 7.38. The molecule has 1 aromatic heterocycles. The van der Waals surface area contributed by atoms with Crippen LogP contribution in [0.4, 0.5) is 0 Å². The Morgan fingerprint density at radius 1 is 1.03 bits per heavy atom. The maximum Gasteiger partial charge on any atom is 0.342 e. The van der Waals surface area contributed by atoms with Gasteiger partial charge in [-0.3, -0.25) is 9.59 Å². The van der Waals surface area contributed by atoms with E-state index in [0.29, 0.717) is 36.7 Å². The Balaban J connectivity index is 1.78. The average molecular weight is 467 g/mol. The summed E-state index contributed by atoms with van der Waals surface area (Å²) in [5, 5.41) is 0. The van der Waals surface area contributed by atoms with Crippen LogP contribution < -0.4 is 0 Å². The molecule has 0 bridgehead atoms. The number of amides is 2. The highest BCUT2D eigenvalue weighted by atomic mass is 16.5. The molecule has 2 heterocycles. The summed E-state index contributed by atoms with van der Waals surface area (Å²) < 4.78 is 5.13. The fourth-order valence-electron chi connectivity index (χ4n) is 4.19. The van der Waals surface area contributed by atoms with Gasteiger partial charge in [-0.15, -0.1) is 0 Å². The molecule has 0 radical (unpaired) electrons. The van der Waals surface area contributed by atoms with Crippen molar-refractivity contribution in [2.45, 2.75) is 59.9 Å². The van der Waals surface area contributed by atoms with E-state index in [-0.39, 0.29) is 41.1 Å². The van der Waals surface area contributed by atoms with Crippen molar-refractivity contribution in [2.75, 3.05) is 26.2 Å². The second kappa shape index (κ2) is 9.91. The van der Waals surface area contributed by atoms with Gasteiger partial charge in [0.05, 0.1) is 12.3 Å². The van der Waals surface area contributed by atoms with Crippen molar-refractivity contribution < 1.29 is 19.1 Å². The van der Waals surface area contributed by atoms with Crippen LogP contribution >= 0.6 is 0 Å². The van der Waals surface area contributed by atoms with Crippen LogP contribution in [0, 0.1) is 13.8 Å². The maximum atomic E-state index is 13.4. The molecule has 2 amide bonds. The summed E-state index contributed by atoms with van der Waals surface area (Å²) in [7, 11) is 0. The third-order valence-corrected chi connectivity index (χ3v) is 6.06. The molecule has 1 atom stereocenters. The van der Waals surface area contributed by atoms with Gasteiger partial charge in [0, 0.05) is 31.2 Å². The minimum atomic E-state index is -0.607. The zero-order valence-electron chi connectivity index (χ0n) is 21.1. The highest BCUT2D eigenvalue weighted by Gasteiger charge is 2.34. The molecule has 1 saturated heterocycles. The van der Waals surface area contributed by atoms with E-state index in [1.54, 1.807) is 30.6 Å². The third-order valence-electron chi connectivity index (χ3n) is 6.06. The maximum absolute atomic E-state index is 13.4. The Morgan fingerprint density at radius 3 is 2.24 bits per heavy atom. The first-order chi connectivity index (χ1) is 15.9. The van der Waals surface area contributed by atoms with Crippen LogP contribution in [0.3, 0.4) is 0 Å². The van der Waals surface area contributed by atoms with Gasteiger partial charge in [-0.1, -0.05) is 32.9 Å². The van der Waals surface area contributed by atoms with Gasteiger partial charge in [-0.05, 0) is 50.8 Å². The molecule has 0 spiro atoms. The van der Waals surface area contributed by atoms with E-state index in [4.69, 9.17) is 4.74 Å². The molecule has 1 aliphatic rings. The summed E-state index contributed by atoms with van der Waals surface area (Å²) >= 11 is 0. The summed E-state index contributed by atoms with van der Waals surface area (Å²) in [5.41, 5.74) is 2.37. The van der Waals surface area contributed by atoms with Gasteiger partial charge in [0.1, 0.15) is 17.1 Å². The first kappa shape index (κ1) is 25.3. The quantitative estimate of drug-likeness (QED) is 0.640. The predicted octanol–water partition coefficient (Wildman–Crippen LogP) is 3.55. The largest absolute Gasteiger partial charge is 0.462 e. The first-order valence-electron chi connectivity index (χ1n) is 11.7. The fourth-order valence-corrected chi connectivity index (χ4v) is 4.19. The lowest BCUT2D eigenvalue weighted by molar-refractivity contribution is 0.0406. The predicted molar refractivity (Wildman–Crippen MR) is 129 cm³/mol. The van der Waals surface area contributed by atoms with E-state index in [2.05, 4.69) is 30.7 Å². The summed E-state index contributed by atoms with van der Waals surface area (Å²) in [6.45, 7) is 14.7. The summed E-state index contributed by atoms with van der Waals surface area (Å²) in [5.74, 6) is -0.607. The molecular weight excluding hydrogens is 432 g/mol. The Hall–Kier alpha value is -3.29. The second-order valence-electron chi connectivity index (χ2n) is 9.73. The summed E-state index contributed by atoms with van der Waals surface area (Å²) in [4.78, 5) is 51.0. The fraction of sp³-hybridized carbons (Fsp3) is 0.500. The second-order valence-corrected chi connectivity index (χ2v) is 9.73. The van der Waals surface area contributed by atoms with Crippen LogP contribution in [0.5, 0.6) is 0 Å². The molecule has 34 heavy (non-hydrogen) atoms. The highest BCUT2D eigenvalue weighted by Crippen LogP contribution is 2.24. The SMILES string of the molecule is CCOC(=O)c1c(C)nc(C)nc1C(=O)N1CCN(C(=O)c2ccc(C(C)(C)C)cc2)C(C)C1. The normalized spacial score (nSPS) is 16.4. The van der Waals surface area contributed by atoms with Gasteiger partial charge in [-0.25, -0.2) is 14.8 Å². The summed E-state index contributed by atoms with van der Waals surface area (Å²) in [6.07, 6.45) is 0. The molecule has 0 saturated carbocycles. The van der Waals surface area contributed by atoms with Crippen molar-refractivity contribution >= 4 is 17.8 Å². The Labute approximate surface area is 201 Å². The van der Waals surface area contributed by atoms with Gasteiger partial charge in [0.15, 0.2) is 0 Å². The molecule has 1 aromatic carbocycles. The van der Waals surface area contributed by atoms with Crippen LogP contribution in [0.25, 0.3) is 0 Å². The minimum Gasteiger partial charge on any atom is -0.462 e. The molecule has 1 fully saturated rings. The molecule has 8 nitrogen and oxygen atoms in total. The number of aryl methyl sites for hydroxylation is 2. The van der Waals surface area contributed by atoms with E-state index >= 15 is 0 Å². The van der Waals surface area contributed by atoms with Crippen LogP contribution in [-0.4, -0.2) is 69.8 Å². The number of rotatable bonds is 4. The number of esters is 1. The Bertz CT molecular complexity index is 1090. The number of carbonyl (C=O) groups is 3. The van der Waals surface area contributed by atoms with Gasteiger partial charge in [0.2, 0.25) is 0 Å². The van der Waals surface area contributed by atoms with Crippen molar-refractivity contribution in [3.05, 3.63) is 58.2 Å². The smallest absolute Gasteiger partial charge is 0.342 e. The lowest BCUT2D eigenvalue weighted by atomic mass is 9.86. The van der Waals surface area contributed by atoms with E-state index in [1.165, 1.54) is 5.56 Å². The number of aromatic nitrogens is 2. The van der Waals surface area contributed by atoms with Crippen molar-refractivity contribution in [3.8, 4) is 0 Å². The number of hydrogen-bond acceptors (Lipinski definition) is 6. The van der Waals surface area contributed by atoms with Crippen LogP contribution in [0.1, 0.15) is 82.9 Å². The standard InChI is InChI=1S/C26H34N4O4/c1-8-34-25(33)21-17(3)27-18(4)28-22(21)24(32)29-13-14-30(16(2)15-29)23(31)19-9-11-20(12-10-19)26(5,6)7/h9-12,16H,8,13-15H2,1-7H3. The van der Waals surface area contributed by atoms with Crippen molar-refractivity contribution in [2.24, 2.45) is 0 Å². The van der Waals surface area contributed by atoms with Gasteiger partial charge in [-0.2, -0.15) is 0 Å². The molecular formula is C26H34N4O4. The van der Waals surface area contributed by atoms with E-state index in [1.807, 2.05) is 31.2 Å². The topological polar surface area (TPSA) is 92.7 Å². The lowest BCUT2D eigenvalue weighted by Crippen LogP contribution is -2.55. The molecule has 182 valence electrons. The van der Waals surface area contributed by atoms with E-state index < -0.39 is 5.97 Å². The van der Waals surface area contributed by atoms with Crippen molar-refractivity contribution in [1.29, 1.82) is 0 Å². The van der Waals surface area contributed by atoms with Gasteiger partial charge >= 0.3 is 5.97 Å². The molecule has 0 aliphatic carbocycles. The van der Waals surface area contributed by atoms with Crippen LogP contribution in [0.2, 0.25) is 0 Å². The third kappa shape index (κ3) is 5.26. The molecule has 8 heteroatoms. The van der Waals surface area contributed by atoms with Crippen LogP contribution in [0.15, 0.2) is 24.3 Å². The van der Waals surface area contributed by atoms with Gasteiger partial charge in [0.25, 0.3) is 11.8 Å². The molecule has 1 unspecified atom stereocenters. The first-order valence-corrected chi connectivity index (χ1v) is 11.7.